The molecule has 0 aliphatic carbocycles. The smallest absolute Gasteiger partial charge is 0.227 e. The molecule has 1 aromatic heterocycles. The number of imidazole rings is 1. The van der Waals surface area contributed by atoms with Crippen LogP contribution in [0.3, 0.4) is 0 Å². The molecule has 4 nitrogen and oxygen atoms in total. The molecule has 4 heteroatoms. The van der Waals surface area contributed by atoms with E-state index in [0.717, 1.165) is 29.1 Å². The minimum absolute atomic E-state index is 0.0702. The van der Waals surface area contributed by atoms with E-state index in [1.54, 1.807) is 0 Å². The lowest BCUT2D eigenvalue weighted by molar-refractivity contribution is -0.117. The molecule has 4 aromatic rings. The van der Waals surface area contributed by atoms with Crippen LogP contribution in [0.15, 0.2) is 78.9 Å². The first kappa shape index (κ1) is 20.3. The molecule has 5 rings (SSSR count). The number of benzene rings is 3. The summed E-state index contributed by atoms with van der Waals surface area (Å²) < 4.78 is 2.26. The average molecular weight is 422 g/mol. The van der Waals surface area contributed by atoms with Crippen LogP contribution in [0.5, 0.6) is 0 Å². The first-order chi connectivity index (χ1) is 15.6. The van der Waals surface area contributed by atoms with Gasteiger partial charge in [0.1, 0.15) is 5.82 Å². The standard InChI is InChI=1S/C28H27N3O/c1-20-15-21(2)17-24(16-20)31-19-23(18-27(31)32)28-29-25-12-6-7-13-26(25)30(28)14-8-11-22-9-4-3-5-10-22/h3-13,15-17,23H,14,18-19H2,1-2H3/b11-8-. The highest BCUT2D eigenvalue weighted by Gasteiger charge is 2.34. The molecule has 0 spiro atoms. The average Bonchev–Trinajstić information content (AvgIpc) is 3.34. The summed E-state index contributed by atoms with van der Waals surface area (Å²) >= 11 is 0. The second-order valence-corrected chi connectivity index (χ2v) is 8.63. The van der Waals surface area contributed by atoms with Crippen molar-refractivity contribution in [3.8, 4) is 0 Å². The Morgan fingerprint density at radius 2 is 1.69 bits per heavy atom. The van der Waals surface area contributed by atoms with Crippen molar-refractivity contribution < 1.29 is 4.79 Å². The molecule has 0 bridgehead atoms. The van der Waals surface area contributed by atoms with Crippen molar-refractivity contribution in [3.63, 3.8) is 0 Å². The van der Waals surface area contributed by atoms with E-state index in [0.29, 0.717) is 13.0 Å². The zero-order chi connectivity index (χ0) is 22.1. The van der Waals surface area contributed by atoms with Crippen LogP contribution in [-0.4, -0.2) is 22.0 Å². The van der Waals surface area contributed by atoms with Gasteiger partial charge < -0.3 is 9.47 Å². The molecule has 1 amide bonds. The van der Waals surface area contributed by atoms with Crippen LogP contribution in [0.25, 0.3) is 17.1 Å². The molecule has 160 valence electrons. The maximum Gasteiger partial charge on any atom is 0.227 e. The maximum absolute atomic E-state index is 13.0. The summed E-state index contributed by atoms with van der Waals surface area (Å²) in [6.07, 6.45) is 4.80. The van der Waals surface area contributed by atoms with E-state index in [1.807, 2.05) is 35.2 Å². The van der Waals surface area contributed by atoms with E-state index >= 15 is 0 Å². The highest BCUT2D eigenvalue weighted by atomic mass is 16.2. The van der Waals surface area contributed by atoms with E-state index in [4.69, 9.17) is 4.98 Å². The number of anilines is 1. The number of nitrogens with zero attached hydrogens (tertiary/aromatic N) is 3. The molecule has 1 aliphatic heterocycles. The van der Waals surface area contributed by atoms with E-state index in [1.165, 1.54) is 16.7 Å². The summed E-state index contributed by atoms with van der Waals surface area (Å²) in [6, 6.07) is 24.9. The predicted octanol–water partition coefficient (Wildman–Crippen LogP) is 5.89. The number of carbonyl (C=O) groups excluding carboxylic acids is 1. The lowest BCUT2D eigenvalue weighted by Crippen LogP contribution is -2.24. The third-order valence-corrected chi connectivity index (χ3v) is 6.09. The largest absolute Gasteiger partial charge is 0.324 e. The fourth-order valence-corrected chi connectivity index (χ4v) is 4.69. The highest BCUT2D eigenvalue weighted by molar-refractivity contribution is 5.96. The van der Waals surface area contributed by atoms with Gasteiger partial charge >= 0.3 is 0 Å². The Morgan fingerprint density at radius 1 is 0.969 bits per heavy atom. The molecule has 3 aromatic carbocycles. The number of para-hydroxylation sites is 2. The van der Waals surface area contributed by atoms with Gasteiger partial charge in [-0.25, -0.2) is 4.98 Å². The van der Waals surface area contributed by atoms with Gasteiger partial charge in [0.05, 0.1) is 11.0 Å². The lowest BCUT2D eigenvalue weighted by Gasteiger charge is -2.18. The lowest BCUT2D eigenvalue weighted by atomic mass is 10.1. The number of aromatic nitrogens is 2. The van der Waals surface area contributed by atoms with Gasteiger partial charge in [0.2, 0.25) is 5.91 Å². The van der Waals surface area contributed by atoms with Gasteiger partial charge in [0, 0.05) is 31.1 Å². The molecule has 0 radical (unpaired) electrons. The van der Waals surface area contributed by atoms with E-state index in [2.05, 4.69) is 73.0 Å². The first-order valence-corrected chi connectivity index (χ1v) is 11.1. The van der Waals surface area contributed by atoms with Crippen molar-refractivity contribution in [1.82, 2.24) is 9.55 Å². The minimum Gasteiger partial charge on any atom is -0.324 e. The summed E-state index contributed by atoms with van der Waals surface area (Å²) in [5, 5.41) is 0. The SMILES string of the molecule is Cc1cc(C)cc(N2CC(c3nc4ccccc4n3C/C=C\c3ccccc3)CC2=O)c1. The number of allylic oxidation sites excluding steroid dienone is 1. The van der Waals surface area contributed by atoms with Crippen LogP contribution in [-0.2, 0) is 11.3 Å². The highest BCUT2D eigenvalue weighted by Crippen LogP contribution is 2.34. The maximum atomic E-state index is 13.0. The van der Waals surface area contributed by atoms with Crippen LogP contribution in [0, 0.1) is 13.8 Å². The van der Waals surface area contributed by atoms with Crippen molar-refractivity contribution >= 4 is 28.7 Å². The van der Waals surface area contributed by atoms with Crippen LogP contribution < -0.4 is 4.90 Å². The van der Waals surface area contributed by atoms with E-state index in [-0.39, 0.29) is 11.8 Å². The summed E-state index contributed by atoms with van der Waals surface area (Å²) in [4.78, 5) is 19.9. The van der Waals surface area contributed by atoms with Gasteiger partial charge in [0.25, 0.3) is 0 Å². The third-order valence-electron chi connectivity index (χ3n) is 6.09. The Morgan fingerprint density at radius 3 is 2.47 bits per heavy atom. The molecular formula is C28H27N3O. The summed E-state index contributed by atoms with van der Waals surface area (Å²) in [5.74, 6) is 1.23. The molecule has 1 saturated heterocycles. The Kier molecular flexibility index (Phi) is 5.36. The van der Waals surface area contributed by atoms with Gasteiger partial charge in [-0.1, -0.05) is 60.7 Å². The Bertz CT molecular complexity index is 1280. The topological polar surface area (TPSA) is 38.1 Å². The molecular weight excluding hydrogens is 394 g/mol. The fraction of sp³-hybridized carbons (Fsp3) is 0.214. The Hall–Kier alpha value is -3.66. The summed E-state index contributed by atoms with van der Waals surface area (Å²) in [7, 11) is 0. The van der Waals surface area contributed by atoms with Crippen molar-refractivity contribution in [2.24, 2.45) is 0 Å². The molecule has 2 heterocycles. The first-order valence-electron chi connectivity index (χ1n) is 11.1. The van der Waals surface area contributed by atoms with Crippen molar-refractivity contribution in [2.45, 2.75) is 32.7 Å². The Balaban J connectivity index is 1.47. The molecule has 32 heavy (non-hydrogen) atoms. The number of rotatable bonds is 5. The summed E-state index contributed by atoms with van der Waals surface area (Å²) in [5.41, 5.74) is 6.60. The minimum atomic E-state index is 0.0702. The molecule has 1 aliphatic rings. The second-order valence-electron chi connectivity index (χ2n) is 8.63. The Labute approximate surface area is 188 Å². The van der Waals surface area contributed by atoms with Gasteiger partial charge in [-0.2, -0.15) is 0 Å². The second kappa shape index (κ2) is 8.46. The number of amides is 1. The predicted molar refractivity (Wildman–Crippen MR) is 131 cm³/mol. The number of aryl methyl sites for hydroxylation is 2. The molecule has 0 saturated carbocycles. The van der Waals surface area contributed by atoms with Gasteiger partial charge in [0.15, 0.2) is 0 Å². The molecule has 1 unspecified atom stereocenters. The van der Waals surface area contributed by atoms with Crippen molar-refractivity contribution in [1.29, 1.82) is 0 Å². The van der Waals surface area contributed by atoms with Crippen molar-refractivity contribution in [3.05, 3.63) is 101 Å². The number of hydrogen-bond donors (Lipinski definition) is 0. The monoisotopic (exact) mass is 421 g/mol. The number of fused-ring (bicyclic) bond motifs is 1. The molecule has 1 fully saturated rings. The van der Waals surface area contributed by atoms with Gasteiger partial charge in [-0.3, -0.25) is 4.79 Å². The van der Waals surface area contributed by atoms with Crippen molar-refractivity contribution in [2.75, 3.05) is 11.4 Å². The molecule has 0 N–H and O–H groups in total. The van der Waals surface area contributed by atoms with Crippen LogP contribution >= 0.6 is 0 Å². The van der Waals surface area contributed by atoms with Crippen LogP contribution in [0.2, 0.25) is 0 Å². The number of carbonyl (C=O) groups is 1. The molecule has 1 atom stereocenters. The fourth-order valence-electron chi connectivity index (χ4n) is 4.69. The van der Waals surface area contributed by atoms with Crippen LogP contribution in [0.1, 0.15) is 34.9 Å². The van der Waals surface area contributed by atoms with Crippen LogP contribution in [0.4, 0.5) is 5.69 Å². The van der Waals surface area contributed by atoms with Gasteiger partial charge in [-0.15, -0.1) is 0 Å². The zero-order valence-corrected chi connectivity index (χ0v) is 18.5. The van der Waals surface area contributed by atoms with E-state index < -0.39 is 0 Å². The van der Waals surface area contributed by atoms with Gasteiger partial charge in [-0.05, 0) is 54.8 Å². The third kappa shape index (κ3) is 3.96. The summed E-state index contributed by atoms with van der Waals surface area (Å²) in [6.45, 7) is 5.53. The van der Waals surface area contributed by atoms with E-state index in [9.17, 15) is 4.79 Å². The zero-order valence-electron chi connectivity index (χ0n) is 18.5. The number of hydrogen-bond acceptors (Lipinski definition) is 2. The normalized spacial score (nSPS) is 16.5. The quantitative estimate of drug-likeness (QED) is 0.403.